The van der Waals surface area contributed by atoms with Crippen molar-refractivity contribution in [2.45, 2.75) is 13.0 Å². The largest absolute Gasteiger partial charge is 0.496 e. The number of methoxy groups -OCH3 is 2. The lowest BCUT2D eigenvalue weighted by Crippen LogP contribution is -2.09. The molecule has 5 heteroatoms. The summed E-state index contributed by atoms with van der Waals surface area (Å²) in [5, 5.41) is 0. The average molecular weight is 246 g/mol. The molecule has 1 atom stereocenters. The molecule has 0 aliphatic heterocycles. The van der Waals surface area contributed by atoms with Gasteiger partial charge in [0.15, 0.2) is 0 Å². The smallest absolute Gasteiger partial charge is 0.337 e. The second-order valence-corrected chi connectivity index (χ2v) is 3.24. The van der Waals surface area contributed by atoms with E-state index in [-0.39, 0.29) is 24.4 Å². The van der Waals surface area contributed by atoms with E-state index >= 15 is 0 Å². The Morgan fingerprint density at radius 2 is 2.00 bits per heavy atom. The van der Waals surface area contributed by atoms with Crippen LogP contribution in [0.3, 0.4) is 0 Å². The maximum absolute atomic E-state index is 11.3. The molecule has 1 aromatic rings. The Morgan fingerprint density at radius 1 is 1.38 bits per heavy atom. The Hall–Kier alpha value is -1.26. The number of benzene rings is 1. The Bertz CT molecular complexity index is 366. The van der Waals surface area contributed by atoms with Crippen LogP contribution in [0.2, 0.25) is 0 Å². The summed E-state index contributed by atoms with van der Waals surface area (Å²) in [7, 11) is 2.89. The summed E-state index contributed by atoms with van der Waals surface area (Å²) < 4.78 is 9.76. The average Bonchev–Trinajstić information content (AvgIpc) is 2.26. The molecule has 1 rings (SSSR count). The minimum atomic E-state index is -0.385. The summed E-state index contributed by atoms with van der Waals surface area (Å²) in [6.07, 6.45) is 0. The molecule has 0 aliphatic carbocycles. The van der Waals surface area contributed by atoms with Gasteiger partial charge in [-0.1, -0.05) is 6.07 Å². The van der Waals surface area contributed by atoms with Gasteiger partial charge in [0.25, 0.3) is 0 Å². The Kier molecular flexibility index (Phi) is 5.85. The molecule has 0 radical (unpaired) electrons. The number of halogens is 1. The van der Waals surface area contributed by atoms with Crippen LogP contribution >= 0.6 is 12.4 Å². The van der Waals surface area contributed by atoms with Crippen LogP contribution in [0.1, 0.15) is 28.9 Å². The van der Waals surface area contributed by atoms with Gasteiger partial charge in [-0.15, -0.1) is 12.4 Å². The molecule has 1 unspecified atom stereocenters. The molecule has 2 N–H and O–H groups in total. The lowest BCUT2D eigenvalue weighted by Gasteiger charge is -2.12. The second-order valence-electron chi connectivity index (χ2n) is 3.24. The minimum absolute atomic E-state index is 0. The van der Waals surface area contributed by atoms with Gasteiger partial charge in [0.05, 0.1) is 19.8 Å². The summed E-state index contributed by atoms with van der Waals surface area (Å²) in [6, 6.07) is 4.94. The molecular formula is C11H16ClNO3. The van der Waals surface area contributed by atoms with Gasteiger partial charge in [0, 0.05) is 11.6 Å². The van der Waals surface area contributed by atoms with E-state index in [4.69, 9.17) is 10.5 Å². The maximum Gasteiger partial charge on any atom is 0.337 e. The fraction of sp³-hybridized carbons (Fsp3) is 0.364. The molecule has 90 valence electrons. The first kappa shape index (κ1) is 14.7. The van der Waals surface area contributed by atoms with Crippen LogP contribution < -0.4 is 10.5 Å². The van der Waals surface area contributed by atoms with Gasteiger partial charge >= 0.3 is 5.97 Å². The summed E-state index contributed by atoms with van der Waals surface area (Å²) in [6.45, 7) is 1.86. The van der Waals surface area contributed by atoms with Crippen LogP contribution in [-0.2, 0) is 4.74 Å². The van der Waals surface area contributed by atoms with Crippen LogP contribution in [0.15, 0.2) is 18.2 Å². The van der Waals surface area contributed by atoms with Crippen LogP contribution in [-0.4, -0.2) is 20.2 Å². The molecule has 0 bridgehead atoms. The van der Waals surface area contributed by atoms with E-state index in [0.717, 1.165) is 5.56 Å². The molecule has 0 saturated carbocycles. The molecule has 16 heavy (non-hydrogen) atoms. The van der Waals surface area contributed by atoms with Gasteiger partial charge in [-0.3, -0.25) is 0 Å². The zero-order valence-electron chi connectivity index (χ0n) is 9.52. The number of carbonyl (C=O) groups is 1. The van der Waals surface area contributed by atoms with E-state index < -0.39 is 0 Å². The summed E-state index contributed by atoms with van der Waals surface area (Å²) >= 11 is 0. The van der Waals surface area contributed by atoms with Gasteiger partial charge in [0.1, 0.15) is 5.75 Å². The molecule has 1 aromatic carbocycles. The number of carbonyl (C=O) groups excluding carboxylic acids is 1. The number of ether oxygens (including phenoxy) is 2. The predicted octanol–water partition coefficient (Wildman–Crippen LogP) is 1.92. The van der Waals surface area contributed by atoms with E-state index in [1.54, 1.807) is 25.3 Å². The van der Waals surface area contributed by atoms with Crippen LogP contribution in [0, 0.1) is 0 Å². The normalized spacial score (nSPS) is 11.2. The van der Waals surface area contributed by atoms with Crippen LogP contribution in [0.4, 0.5) is 0 Å². The standard InChI is InChI=1S/C11H15NO3.ClH/c1-7(12)9-5-4-8(11(13)15-3)6-10(9)14-2;/h4-7H,12H2,1-3H3;1H. The van der Waals surface area contributed by atoms with Gasteiger partial charge in [-0.25, -0.2) is 4.79 Å². The van der Waals surface area contributed by atoms with Crippen molar-refractivity contribution in [2.75, 3.05) is 14.2 Å². The minimum Gasteiger partial charge on any atom is -0.496 e. The van der Waals surface area contributed by atoms with Crippen molar-refractivity contribution in [3.8, 4) is 5.75 Å². The van der Waals surface area contributed by atoms with Crippen molar-refractivity contribution in [1.82, 2.24) is 0 Å². The van der Waals surface area contributed by atoms with Crippen molar-refractivity contribution in [3.63, 3.8) is 0 Å². The first-order valence-electron chi connectivity index (χ1n) is 4.62. The van der Waals surface area contributed by atoms with Gasteiger partial charge < -0.3 is 15.2 Å². The summed E-state index contributed by atoms with van der Waals surface area (Å²) in [5.41, 5.74) is 7.08. The number of hydrogen-bond acceptors (Lipinski definition) is 4. The van der Waals surface area contributed by atoms with Gasteiger partial charge in [-0.2, -0.15) is 0 Å². The van der Waals surface area contributed by atoms with Crippen molar-refractivity contribution >= 4 is 18.4 Å². The Labute approximate surface area is 101 Å². The topological polar surface area (TPSA) is 61.5 Å². The zero-order valence-corrected chi connectivity index (χ0v) is 10.3. The monoisotopic (exact) mass is 245 g/mol. The third-order valence-corrected chi connectivity index (χ3v) is 2.15. The highest BCUT2D eigenvalue weighted by molar-refractivity contribution is 5.89. The molecular weight excluding hydrogens is 230 g/mol. The highest BCUT2D eigenvalue weighted by Crippen LogP contribution is 2.25. The quantitative estimate of drug-likeness (QED) is 0.827. The molecule has 4 nitrogen and oxygen atoms in total. The van der Waals surface area contributed by atoms with E-state index in [0.29, 0.717) is 11.3 Å². The highest BCUT2D eigenvalue weighted by atomic mass is 35.5. The van der Waals surface area contributed by atoms with Gasteiger partial charge in [0.2, 0.25) is 0 Å². The molecule has 0 fully saturated rings. The Balaban J connectivity index is 0.00000225. The number of rotatable bonds is 3. The van der Waals surface area contributed by atoms with Crippen molar-refractivity contribution in [1.29, 1.82) is 0 Å². The van der Waals surface area contributed by atoms with Gasteiger partial charge in [-0.05, 0) is 19.1 Å². The fourth-order valence-electron chi connectivity index (χ4n) is 1.33. The maximum atomic E-state index is 11.3. The molecule has 0 amide bonds. The molecule has 0 aliphatic rings. The molecule has 0 aromatic heterocycles. The molecule has 0 saturated heterocycles. The third kappa shape index (κ3) is 3.12. The van der Waals surface area contributed by atoms with Crippen molar-refractivity contribution < 1.29 is 14.3 Å². The first-order valence-corrected chi connectivity index (χ1v) is 4.62. The SMILES string of the molecule is COC(=O)c1ccc(C(C)N)c(OC)c1.Cl. The second kappa shape index (κ2) is 6.35. The number of hydrogen-bond donors (Lipinski definition) is 1. The van der Waals surface area contributed by atoms with E-state index in [1.165, 1.54) is 7.11 Å². The Morgan fingerprint density at radius 3 is 2.44 bits per heavy atom. The predicted molar refractivity (Wildman–Crippen MR) is 64.2 cm³/mol. The van der Waals surface area contributed by atoms with E-state index in [9.17, 15) is 4.79 Å². The summed E-state index contributed by atoms with van der Waals surface area (Å²) in [4.78, 5) is 11.3. The highest BCUT2D eigenvalue weighted by Gasteiger charge is 2.12. The molecule has 0 heterocycles. The van der Waals surface area contributed by atoms with Crippen molar-refractivity contribution in [3.05, 3.63) is 29.3 Å². The number of nitrogens with two attached hydrogens (primary N) is 1. The van der Waals surface area contributed by atoms with Crippen LogP contribution in [0.25, 0.3) is 0 Å². The lowest BCUT2D eigenvalue weighted by molar-refractivity contribution is 0.0600. The zero-order chi connectivity index (χ0) is 11.4. The van der Waals surface area contributed by atoms with Crippen molar-refractivity contribution in [2.24, 2.45) is 5.73 Å². The third-order valence-electron chi connectivity index (χ3n) is 2.15. The number of esters is 1. The summed E-state index contributed by atoms with van der Waals surface area (Å²) in [5.74, 6) is 0.220. The molecule has 0 spiro atoms. The fourth-order valence-corrected chi connectivity index (χ4v) is 1.33. The van der Waals surface area contributed by atoms with Crippen LogP contribution in [0.5, 0.6) is 5.75 Å². The van der Waals surface area contributed by atoms with E-state index in [2.05, 4.69) is 4.74 Å². The first-order chi connectivity index (χ1) is 7.10. The lowest BCUT2D eigenvalue weighted by atomic mass is 10.1. The van der Waals surface area contributed by atoms with E-state index in [1.807, 2.05) is 6.92 Å².